The van der Waals surface area contributed by atoms with Gasteiger partial charge in [-0.25, -0.2) is 14.4 Å². The van der Waals surface area contributed by atoms with Crippen LogP contribution >= 0.6 is 11.6 Å². The standard InChI is InChI=1S/C17H14ClFN6O/c18-11-5-3-4-10(8-11)17(26)25-24-16-14(20)15(21-9-22-16)23-13-7-2-1-6-12(13)19/h1-9H,20H2,(H,25,26)(H2,21,22,23,24). The van der Waals surface area contributed by atoms with E-state index in [4.69, 9.17) is 17.3 Å². The summed E-state index contributed by atoms with van der Waals surface area (Å²) in [6, 6.07) is 12.6. The summed E-state index contributed by atoms with van der Waals surface area (Å²) >= 11 is 5.86. The predicted molar refractivity (Wildman–Crippen MR) is 98.7 cm³/mol. The van der Waals surface area contributed by atoms with Crippen LogP contribution in [0.4, 0.5) is 27.4 Å². The number of nitrogens with one attached hydrogen (secondary N) is 3. The van der Waals surface area contributed by atoms with E-state index in [0.717, 1.165) is 0 Å². The fourth-order valence-electron chi connectivity index (χ4n) is 2.10. The van der Waals surface area contributed by atoms with E-state index >= 15 is 0 Å². The number of nitrogens with two attached hydrogens (primary N) is 1. The molecule has 1 amide bonds. The number of hydrazine groups is 1. The maximum Gasteiger partial charge on any atom is 0.269 e. The van der Waals surface area contributed by atoms with Gasteiger partial charge in [-0.05, 0) is 30.3 Å². The van der Waals surface area contributed by atoms with Gasteiger partial charge < -0.3 is 11.1 Å². The van der Waals surface area contributed by atoms with E-state index in [1.54, 1.807) is 36.4 Å². The van der Waals surface area contributed by atoms with Crippen LogP contribution in [0.25, 0.3) is 0 Å². The molecule has 0 aliphatic carbocycles. The molecule has 0 aliphatic heterocycles. The SMILES string of the molecule is Nc1c(NNC(=O)c2cccc(Cl)c2)ncnc1Nc1ccccc1F. The smallest absolute Gasteiger partial charge is 0.269 e. The highest BCUT2D eigenvalue weighted by Gasteiger charge is 2.12. The zero-order valence-corrected chi connectivity index (χ0v) is 14.1. The van der Waals surface area contributed by atoms with E-state index in [0.29, 0.717) is 10.6 Å². The highest BCUT2D eigenvalue weighted by molar-refractivity contribution is 6.30. The van der Waals surface area contributed by atoms with Crippen LogP contribution in [0.5, 0.6) is 0 Å². The van der Waals surface area contributed by atoms with Crippen molar-refractivity contribution in [2.45, 2.75) is 0 Å². The zero-order chi connectivity index (χ0) is 18.5. The van der Waals surface area contributed by atoms with Crippen LogP contribution < -0.4 is 21.9 Å². The number of nitrogen functional groups attached to an aromatic ring is 1. The van der Waals surface area contributed by atoms with Crippen LogP contribution in [-0.2, 0) is 0 Å². The van der Waals surface area contributed by atoms with Crippen LogP contribution in [0, 0.1) is 5.82 Å². The molecule has 7 nitrogen and oxygen atoms in total. The number of halogens is 2. The van der Waals surface area contributed by atoms with Gasteiger partial charge in [-0.15, -0.1) is 0 Å². The van der Waals surface area contributed by atoms with Gasteiger partial charge in [0.25, 0.3) is 5.91 Å². The van der Waals surface area contributed by atoms with Crippen LogP contribution in [0.2, 0.25) is 5.02 Å². The summed E-state index contributed by atoms with van der Waals surface area (Å²) < 4.78 is 13.8. The molecule has 1 aromatic heterocycles. The van der Waals surface area contributed by atoms with Crippen molar-refractivity contribution < 1.29 is 9.18 Å². The Morgan fingerprint density at radius 3 is 2.62 bits per heavy atom. The lowest BCUT2D eigenvalue weighted by Crippen LogP contribution is -2.30. The second-order valence-corrected chi connectivity index (χ2v) is 5.62. The van der Waals surface area contributed by atoms with Crippen molar-refractivity contribution in [2.75, 3.05) is 16.5 Å². The van der Waals surface area contributed by atoms with Crippen molar-refractivity contribution >= 4 is 40.5 Å². The molecule has 0 unspecified atom stereocenters. The lowest BCUT2D eigenvalue weighted by Gasteiger charge is -2.13. The third-order valence-electron chi connectivity index (χ3n) is 3.39. The summed E-state index contributed by atoms with van der Waals surface area (Å²) in [6.07, 6.45) is 1.23. The van der Waals surface area contributed by atoms with Gasteiger partial charge in [0.1, 0.15) is 17.8 Å². The molecular weight excluding hydrogens is 359 g/mol. The first-order valence-electron chi connectivity index (χ1n) is 7.48. The molecule has 0 spiro atoms. The Bertz CT molecular complexity index is 952. The monoisotopic (exact) mass is 372 g/mol. The Balaban J connectivity index is 1.73. The van der Waals surface area contributed by atoms with E-state index in [-0.39, 0.29) is 23.0 Å². The molecule has 0 bridgehead atoms. The van der Waals surface area contributed by atoms with Crippen molar-refractivity contribution in [2.24, 2.45) is 0 Å². The van der Waals surface area contributed by atoms with Crippen molar-refractivity contribution in [1.29, 1.82) is 0 Å². The third kappa shape index (κ3) is 3.98. The van der Waals surface area contributed by atoms with E-state index < -0.39 is 11.7 Å². The number of hydrogen-bond donors (Lipinski definition) is 4. The number of amides is 1. The van der Waals surface area contributed by atoms with Gasteiger partial charge >= 0.3 is 0 Å². The molecule has 0 atom stereocenters. The highest BCUT2D eigenvalue weighted by Crippen LogP contribution is 2.26. The molecule has 0 aliphatic rings. The maximum absolute atomic E-state index is 13.8. The summed E-state index contributed by atoms with van der Waals surface area (Å²) in [5, 5.41) is 3.23. The molecule has 0 fully saturated rings. The summed E-state index contributed by atoms with van der Waals surface area (Å²) in [7, 11) is 0. The summed E-state index contributed by atoms with van der Waals surface area (Å²) in [5.41, 5.74) is 11.8. The number of nitrogens with zero attached hydrogens (tertiary/aromatic N) is 2. The Morgan fingerprint density at radius 2 is 1.85 bits per heavy atom. The topological polar surface area (TPSA) is 105 Å². The third-order valence-corrected chi connectivity index (χ3v) is 3.63. The van der Waals surface area contributed by atoms with Crippen molar-refractivity contribution in [1.82, 2.24) is 15.4 Å². The fraction of sp³-hybridized carbons (Fsp3) is 0. The molecule has 3 rings (SSSR count). The number of anilines is 4. The van der Waals surface area contributed by atoms with Gasteiger partial charge in [-0.3, -0.25) is 15.6 Å². The van der Waals surface area contributed by atoms with Crippen LogP contribution in [0.15, 0.2) is 54.9 Å². The number of carbonyl (C=O) groups is 1. The second-order valence-electron chi connectivity index (χ2n) is 5.18. The zero-order valence-electron chi connectivity index (χ0n) is 13.3. The minimum absolute atomic E-state index is 0.113. The number of rotatable bonds is 5. The first-order chi connectivity index (χ1) is 12.5. The van der Waals surface area contributed by atoms with Gasteiger partial charge in [0.15, 0.2) is 11.6 Å². The largest absolute Gasteiger partial charge is 0.393 e. The molecule has 5 N–H and O–H groups in total. The average Bonchev–Trinajstić information content (AvgIpc) is 2.64. The van der Waals surface area contributed by atoms with Crippen molar-refractivity contribution in [3.8, 4) is 0 Å². The van der Waals surface area contributed by atoms with Gasteiger partial charge in [0.05, 0.1) is 5.69 Å². The Labute approximate surface area is 153 Å². The number of hydrogen-bond acceptors (Lipinski definition) is 6. The first-order valence-corrected chi connectivity index (χ1v) is 7.86. The minimum Gasteiger partial charge on any atom is -0.393 e. The summed E-state index contributed by atoms with van der Waals surface area (Å²) in [5.74, 6) is -0.512. The normalized spacial score (nSPS) is 10.2. The molecule has 26 heavy (non-hydrogen) atoms. The number of aromatic nitrogens is 2. The molecule has 0 saturated carbocycles. The van der Waals surface area contributed by atoms with E-state index in [2.05, 4.69) is 26.1 Å². The van der Waals surface area contributed by atoms with E-state index in [9.17, 15) is 9.18 Å². The molecule has 132 valence electrons. The number of carbonyl (C=O) groups excluding carboxylic acids is 1. The van der Waals surface area contributed by atoms with Gasteiger partial charge in [-0.2, -0.15) is 0 Å². The van der Waals surface area contributed by atoms with Crippen molar-refractivity contribution in [3.05, 3.63) is 71.3 Å². The Morgan fingerprint density at radius 1 is 1.08 bits per heavy atom. The maximum atomic E-state index is 13.8. The van der Waals surface area contributed by atoms with Crippen molar-refractivity contribution in [3.63, 3.8) is 0 Å². The minimum atomic E-state index is -0.450. The molecule has 9 heteroatoms. The fourth-order valence-corrected chi connectivity index (χ4v) is 2.29. The van der Waals surface area contributed by atoms with E-state index in [1.807, 2.05) is 0 Å². The average molecular weight is 373 g/mol. The second kappa shape index (κ2) is 7.66. The van der Waals surface area contributed by atoms with Gasteiger partial charge in [-0.1, -0.05) is 29.8 Å². The lowest BCUT2D eigenvalue weighted by molar-refractivity contribution is 0.0962. The predicted octanol–water partition coefficient (Wildman–Crippen LogP) is 3.35. The molecular formula is C17H14ClFN6O. The van der Waals surface area contributed by atoms with Crippen LogP contribution in [0.1, 0.15) is 10.4 Å². The van der Waals surface area contributed by atoms with Crippen LogP contribution in [-0.4, -0.2) is 15.9 Å². The Hall–Kier alpha value is -3.39. The summed E-state index contributed by atoms with van der Waals surface area (Å²) in [6.45, 7) is 0. The number of benzene rings is 2. The molecule has 0 saturated heterocycles. The highest BCUT2D eigenvalue weighted by atomic mass is 35.5. The molecule has 2 aromatic carbocycles. The van der Waals surface area contributed by atoms with Crippen LogP contribution in [0.3, 0.4) is 0 Å². The Kier molecular flexibility index (Phi) is 5.14. The number of para-hydroxylation sites is 1. The first kappa shape index (κ1) is 17.4. The quantitative estimate of drug-likeness (QED) is 0.512. The van der Waals surface area contributed by atoms with Gasteiger partial charge in [0, 0.05) is 10.6 Å². The molecule has 1 heterocycles. The van der Waals surface area contributed by atoms with E-state index in [1.165, 1.54) is 18.5 Å². The van der Waals surface area contributed by atoms with Gasteiger partial charge in [0.2, 0.25) is 0 Å². The molecule has 0 radical (unpaired) electrons. The summed E-state index contributed by atoms with van der Waals surface area (Å²) in [4.78, 5) is 20.1. The molecule has 3 aromatic rings. The lowest BCUT2D eigenvalue weighted by atomic mass is 10.2.